The number of nitrogens with zero attached hydrogens (tertiary/aromatic N) is 1. The molecule has 0 fully saturated rings. The van der Waals surface area contributed by atoms with Gasteiger partial charge in [0.25, 0.3) is 0 Å². The van der Waals surface area contributed by atoms with Gasteiger partial charge < -0.3 is 10.0 Å². The third-order valence-electron chi connectivity index (χ3n) is 2.03. The average Bonchev–Trinajstić information content (AvgIpc) is 2.07. The second-order valence-corrected chi connectivity index (χ2v) is 3.85. The molecule has 1 aromatic carbocycles. The summed E-state index contributed by atoms with van der Waals surface area (Å²) in [5.41, 5.74) is 3.16. The van der Waals surface area contributed by atoms with Crippen LogP contribution >= 0.6 is 0 Å². The summed E-state index contributed by atoms with van der Waals surface area (Å²) in [6.45, 7) is 5.87. The Kier molecular flexibility index (Phi) is 3.18. The summed E-state index contributed by atoms with van der Waals surface area (Å²) in [6, 6.07) is 5.65. The van der Waals surface area contributed by atoms with Crippen molar-refractivity contribution in [1.82, 2.24) is 0 Å². The van der Waals surface area contributed by atoms with E-state index < -0.39 is 0 Å². The maximum Gasteiger partial charge on any atom is 0.138 e. The van der Waals surface area contributed by atoms with Crippen LogP contribution in [-0.2, 0) is 6.42 Å². The normalized spacial score (nSPS) is 9.93. The van der Waals surface area contributed by atoms with Crippen LogP contribution < -0.4 is 4.90 Å². The highest BCUT2D eigenvalue weighted by atomic mass is 16.3. The predicted molar refractivity (Wildman–Crippen MR) is 61.0 cm³/mol. The number of allylic oxidation sites excluding steroid dienone is 1. The molecule has 1 N–H and O–H groups in total. The second-order valence-electron chi connectivity index (χ2n) is 3.85. The summed E-state index contributed by atoms with van der Waals surface area (Å²) >= 11 is 0. The lowest BCUT2D eigenvalue weighted by atomic mass is 10.1. The molecule has 0 atom stereocenters. The van der Waals surface area contributed by atoms with Gasteiger partial charge >= 0.3 is 0 Å². The van der Waals surface area contributed by atoms with Crippen LogP contribution in [0.2, 0.25) is 0 Å². The highest BCUT2D eigenvalue weighted by molar-refractivity contribution is 5.58. The molecule has 0 aliphatic carbocycles. The molecule has 2 nitrogen and oxygen atoms in total. The van der Waals surface area contributed by atoms with Crippen LogP contribution in [0.3, 0.4) is 0 Å². The summed E-state index contributed by atoms with van der Waals surface area (Å²) in [5, 5.41) is 9.58. The third-order valence-corrected chi connectivity index (χ3v) is 2.03. The van der Waals surface area contributed by atoms with Crippen LogP contribution in [0.5, 0.6) is 5.75 Å². The smallest absolute Gasteiger partial charge is 0.138 e. The molecular weight excluding hydrogens is 174 g/mol. The van der Waals surface area contributed by atoms with Gasteiger partial charge in [-0.15, -0.1) is 0 Å². The molecule has 0 unspecified atom stereocenters. The van der Waals surface area contributed by atoms with Crippen molar-refractivity contribution < 1.29 is 5.11 Å². The number of phenols is 1. The molecule has 0 heterocycles. The zero-order chi connectivity index (χ0) is 10.7. The standard InChI is InChI=1S/C12H17NO/c1-9(2)7-10-5-6-12(14)11(8-10)13(3)4/h5-6,8,14H,1,7H2,2-4H3. The lowest BCUT2D eigenvalue weighted by Crippen LogP contribution is -2.09. The first-order valence-electron chi connectivity index (χ1n) is 4.64. The number of rotatable bonds is 3. The molecule has 1 aromatic rings. The highest BCUT2D eigenvalue weighted by Crippen LogP contribution is 2.27. The fourth-order valence-electron chi connectivity index (χ4n) is 1.39. The molecule has 0 saturated heterocycles. The van der Waals surface area contributed by atoms with Gasteiger partial charge in [-0.1, -0.05) is 18.2 Å². The van der Waals surface area contributed by atoms with E-state index in [9.17, 15) is 5.11 Å². The van der Waals surface area contributed by atoms with Gasteiger partial charge in [0.2, 0.25) is 0 Å². The molecular formula is C12H17NO. The minimum atomic E-state index is 0.320. The van der Waals surface area contributed by atoms with Crippen LogP contribution in [-0.4, -0.2) is 19.2 Å². The van der Waals surface area contributed by atoms with E-state index in [0.717, 1.165) is 17.7 Å². The van der Waals surface area contributed by atoms with Gasteiger partial charge in [-0.05, 0) is 31.0 Å². The molecule has 0 aliphatic rings. The van der Waals surface area contributed by atoms with Crippen molar-refractivity contribution in [3.8, 4) is 5.75 Å². The van der Waals surface area contributed by atoms with E-state index in [2.05, 4.69) is 6.58 Å². The van der Waals surface area contributed by atoms with Crippen molar-refractivity contribution in [1.29, 1.82) is 0 Å². The molecule has 0 aromatic heterocycles. The Labute approximate surface area is 85.5 Å². The zero-order valence-corrected chi connectivity index (χ0v) is 9.04. The summed E-state index contributed by atoms with van der Waals surface area (Å²) in [4.78, 5) is 1.90. The first-order chi connectivity index (χ1) is 6.50. The van der Waals surface area contributed by atoms with Crippen LogP contribution in [0.4, 0.5) is 5.69 Å². The fraction of sp³-hybridized carbons (Fsp3) is 0.333. The molecule has 0 aliphatic heterocycles. The number of hydrogen-bond donors (Lipinski definition) is 1. The number of hydrogen-bond acceptors (Lipinski definition) is 2. The SMILES string of the molecule is C=C(C)Cc1ccc(O)c(N(C)C)c1. The van der Waals surface area contributed by atoms with Crippen molar-refractivity contribution in [3.05, 3.63) is 35.9 Å². The summed E-state index contributed by atoms with van der Waals surface area (Å²) in [5.74, 6) is 0.320. The summed E-state index contributed by atoms with van der Waals surface area (Å²) < 4.78 is 0. The number of benzene rings is 1. The van der Waals surface area contributed by atoms with E-state index in [-0.39, 0.29) is 0 Å². The van der Waals surface area contributed by atoms with Gasteiger partial charge in [0.05, 0.1) is 5.69 Å². The number of anilines is 1. The minimum absolute atomic E-state index is 0.320. The van der Waals surface area contributed by atoms with Crippen molar-refractivity contribution in [3.63, 3.8) is 0 Å². The van der Waals surface area contributed by atoms with Gasteiger partial charge in [-0.3, -0.25) is 0 Å². The van der Waals surface area contributed by atoms with Crippen LogP contribution in [0, 0.1) is 0 Å². The van der Waals surface area contributed by atoms with E-state index in [1.54, 1.807) is 6.07 Å². The van der Waals surface area contributed by atoms with E-state index >= 15 is 0 Å². The molecule has 0 radical (unpaired) electrons. The van der Waals surface area contributed by atoms with Gasteiger partial charge in [0, 0.05) is 14.1 Å². The van der Waals surface area contributed by atoms with Crippen molar-refractivity contribution in [2.45, 2.75) is 13.3 Å². The number of phenolic OH excluding ortho intramolecular Hbond substituents is 1. The van der Waals surface area contributed by atoms with Crippen LogP contribution in [0.25, 0.3) is 0 Å². The summed E-state index contributed by atoms with van der Waals surface area (Å²) in [6.07, 6.45) is 0.862. The Bertz CT molecular complexity index is 342. The van der Waals surface area contributed by atoms with Gasteiger partial charge in [0.1, 0.15) is 5.75 Å². The fourth-order valence-corrected chi connectivity index (χ4v) is 1.39. The number of aromatic hydroxyl groups is 1. The van der Waals surface area contributed by atoms with Gasteiger partial charge in [-0.25, -0.2) is 0 Å². The monoisotopic (exact) mass is 191 g/mol. The Hall–Kier alpha value is -1.44. The van der Waals surface area contributed by atoms with Crippen LogP contribution in [0.1, 0.15) is 12.5 Å². The molecule has 76 valence electrons. The predicted octanol–water partition coefficient (Wildman–Crippen LogP) is 2.58. The second kappa shape index (κ2) is 4.18. The Morgan fingerprint density at radius 3 is 2.57 bits per heavy atom. The quantitative estimate of drug-likeness (QED) is 0.742. The van der Waals surface area contributed by atoms with Crippen molar-refractivity contribution >= 4 is 5.69 Å². The molecule has 0 spiro atoms. The third kappa shape index (κ3) is 2.52. The lowest BCUT2D eigenvalue weighted by Gasteiger charge is -2.15. The molecule has 1 rings (SSSR count). The van der Waals surface area contributed by atoms with E-state index in [1.807, 2.05) is 38.1 Å². The van der Waals surface area contributed by atoms with E-state index in [4.69, 9.17) is 0 Å². The summed E-state index contributed by atoms with van der Waals surface area (Å²) in [7, 11) is 3.83. The maximum absolute atomic E-state index is 9.58. The van der Waals surface area contributed by atoms with Gasteiger partial charge in [-0.2, -0.15) is 0 Å². The molecule has 0 bridgehead atoms. The first-order valence-corrected chi connectivity index (χ1v) is 4.64. The molecule has 0 saturated carbocycles. The maximum atomic E-state index is 9.58. The topological polar surface area (TPSA) is 23.5 Å². The largest absolute Gasteiger partial charge is 0.506 e. The minimum Gasteiger partial charge on any atom is -0.506 e. The Morgan fingerprint density at radius 2 is 2.07 bits per heavy atom. The molecule has 14 heavy (non-hydrogen) atoms. The highest BCUT2D eigenvalue weighted by Gasteiger charge is 2.04. The molecule has 0 amide bonds. The van der Waals surface area contributed by atoms with E-state index in [1.165, 1.54) is 5.56 Å². The van der Waals surface area contributed by atoms with Crippen LogP contribution in [0.15, 0.2) is 30.4 Å². The zero-order valence-electron chi connectivity index (χ0n) is 9.04. The lowest BCUT2D eigenvalue weighted by molar-refractivity contribution is 0.475. The average molecular weight is 191 g/mol. The van der Waals surface area contributed by atoms with Gasteiger partial charge in [0.15, 0.2) is 0 Å². The van der Waals surface area contributed by atoms with E-state index in [0.29, 0.717) is 5.75 Å². The Balaban J connectivity index is 3.00. The first kappa shape index (κ1) is 10.6. The Morgan fingerprint density at radius 1 is 1.43 bits per heavy atom. The van der Waals surface area contributed by atoms with Crippen molar-refractivity contribution in [2.24, 2.45) is 0 Å². The molecule has 2 heteroatoms. The van der Waals surface area contributed by atoms with Crippen molar-refractivity contribution in [2.75, 3.05) is 19.0 Å².